The fourth-order valence-electron chi connectivity index (χ4n) is 2.12. The second kappa shape index (κ2) is 5.69. The highest BCUT2D eigenvalue weighted by Crippen LogP contribution is 2.22. The molecule has 2 unspecified atom stereocenters. The Bertz CT molecular complexity index is 358. The van der Waals surface area contributed by atoms with E-state index in [2.05, 4.69) is 30.8 Å². The first-order valence-corrected chi connectivity index (χ1v) is 8.01. The molecule has 1 saturated heterocycles. The lowest BCUT2D eigenvalue weighted by Crippen LogP contribution is -2.51. The Hall–Kier alpha value is -0.100. The summed E-state index contributed by atoms with van der Waals surface area (Å²) in [5, 5.41) is 1.19. The van der Waals surface area contributed by atoms with E-state index in [1.54, 1.807) is 11.3 Å². The lowest BCUT2D eigenvalue weighted by Gasteiger charge is -2.35. The SMILES string of the molecule is Cc1nc(CC(N)C2CSCCN2C)sc1C. The number of hydrogen-bond acceptors (Lipinski definition) is 5. The topological polar surface area (TPSA) is 42.1 Å². The molecule has 5 heteroatoms. The van der Waals surface area contributed by atoms with Crippen LogP contribution in [0, 0.1) is 13.8 Å². The second-order valence-electron chi connectivity index (χ2n) is 4.74. The molecule has 1 aromatic rings. The lowest BCUT2D eigenvalue weighted by molar-refractivity contribution is 0.235. The number of aryl methyl sites for hydroxylation is 2. The molecule has 1 aliphatic heterocycles. The van der Waals surface area contributed by atoms with Crippen LogP contribution in [-0.2, 0) is 6.42 Å². The van der Waals surface area contributed by atoms with E-state index in [1.165, 1.54) is 15.6 Å². The fourth-order valence-corrected chi connectivity index (χ4v) is 4.45. The highest BCUT2D eigenvalue weighted by atomic mass is 32.2. The molecule has 0 amide bonds. The molecule has 0 aliphatic carbocycles. The smallest absolute Gasteiger partial charge is 0.0946 e. The van der Waals surface area contributed by atoms with Crippen molar-refractivity contribution in [3.8, 4) is 0 Å². The normalized spacial score (nSPS) is 23.9. The first kappa shape index (κ1) is 13.3. The summed E-state index contributed by atoms with van der Waals surface area (Å²) in [6.45, 7) is 5.35. The molecule has 2 rings (SSSR count). The van der Waals surface area contributed by atoms with E-state index >= 15 is 0 Å². The summed E-state index contributed by atoms with van der Waals surface area (Å²) in [6, 6.07) is 0.705. The molecule has 1 aliphatic rings. The van der Waals surface area contributed by atoms with E-state index in [-0.39, 0.29) is 6.04 Å². The number of hydrogen-bond donors (Lipinski definition) is 1. The summed E-state index contributed by atoms with van der Waals surface area (Å²) in [7, 11) is 2.18. The van der Waals surface area contributed by atoms with Gasteiger partial charge in [-0.3, -0.25) is 0 Å². The van der Waals surface area contributed by atoms with Gasteiger partial charge >= 0.3 is 0 Å². The van der Waals surface area contributed by atoms with Gasteiger partial charge in [-0.25, -0.2) is 4.98 Å². The molecular formula is C12H21N3S2. The fraction of sp³-hybridized carbons (Fsp3) is 0.750. The Kier molecular flexibility index (Phi) is 4.47. The Morgan fingerprint density at radius 1 is 1.53 bits per heavy atom. The van der Waals surface area contributed by atoms with E-state index in [4.69, 9.17) is 5.73 Å². The average molecular weight is 271 g/mol. The van der Waals surface area contributed by atoms with Crippen molar-refractivity contribution in [3.05, 3.63) is 15.6 Å². The van der Waals surface area contributed by atoms with Gasteiger partial charge in [-0.1, -0.05) is 0 Å². The summed E-state index contributed by atoms with van der Waals surface area (Å²) in [5.41, 5.74) is 7.50. The second-order valence-corrected chi connectivity index (χ2v) is 7.18. The minimum Gasteiger partial charge on any atom is -0.326 e. The van der Waals surface area contributed by atoms with Crippen molar-refractivity contribution in [1.29, 1.82) is 0 Å². The van der Waals surface area contributed by atoms with E-state index in [0.717, 1.165) is 24.4 Å². The Balaban J connectivity index is 1.98. The van der Waals surface area contributed by atoms with Crippen LogP contribution in [0.4, 0.5) is 0 Å². The van der Waals surface area contributed by atoms with E-state index in [9.17, 15) is 0 Å². The molecule has 0 bridgehead atoms. The molecule has 17 heavy (non-hydrogen) atoms. The number of nitrogens with zero attached hydrogens (tertiary/aromatic N) is 2. The summed E-state index contributed by atoms with van der Waals surface area (Å²) >= 11 is 3.81. The van der Waals surface area contributed by atoms with Gasteiger partial charge < -0.3 is 10.6 Å². The van der Waals surface area contributed by atoms with Gasteiger partial charge in [0, 0.05) is 41.4 Å². The molecule has 0 saturated carbocycles. The zero-order valence-corrected chi connectivity index (χ0v) is 12.4. The van der Waals surface area contributed by atoms with Crippen LogP contribution in [0.2, 0.25) is 0 Å². The average Bonchev–Trinajstić information content (AvgIpc) is 2.58. The molecule has 2 N–H and O–H groups in total. The van der Waals surface area contributed by atoms with Crippen LogP contribution >= 0.6 is 23.1 Å². The highest BCUT2D eigenvalue weighted by Gasteiger charge is 2.26. The zero-order chi connectivity index (χ0) is 12.4. The Labute approximate surface area is 112 Å². The van der Waals surface area contributed by atoms with Gasteiger partial charge in [0.1, 0.15) is 0 Å². The Morgan fingerprint density at radius 2 is 2.29 bits per heavy atom. The maximum atomic E-state index is 6.34. The van der Waals surface area contributed by atoms with Crippen molar-refractivity contribution in [3.63, 3.8) is 0 Å². The van der Waals surface area contributed by atoms with Crippen LogP contribution in [0.1, 0.15) is 15.6 Å². The van der Waals surface area contributed by atoms with Crippen molar-refractivity contribution in [1.82, 2.24) is 9.88 Å². The molecular weight excluding hydrogens is 250 g/mol. The van der Waals surface area contributed by atoms with E-state index < -0.39 is 0 Å². The van der Waals surface area contributed by atoms with Crippen molar-refractivity contribution in [2.45, 2.75) is 32.4 Å². The van der Waals surface area contributed by atoms with Crippen LogP contribution in [0.3, 0.4) is 0 Å². The third-order valence-corrected chi connectivity index (χ3v) is 5.56. The quantitative estimate of drug-likeness (QED) is 0.908. The monoisotopic (exact) mass is 271 g/mol. The molecule has 0 spiro atoms. The summed E-state index contributed by atoms with van der Waals surface area (Å²) in [4.78, 5) is 8.30. The van der Waals surface area contributed by atoms with Gasteiger partial charge in [0.05, 0.1) is 10.7 Å². The molecule has 96 valence electrons. The number of aromatic nitrogens is 1. The molecule has 2 atom stereocenters. The number of likely N-dealkylation sites (N-methyl/N-ethyl adjacent to an activating group) is 1. The van der Waals surface area contributed by atoms with Crippen LogP contribution in [0.25, 0.3) is 0 Å². The minimum atomic E-state index is 0.206. The van der Waals surface area contributed by atoms with Gasteiger partial charge in [-0.15, -0.1) is 11.3 Å². The van der Waals surface area contributed by atoms with Gasteiger partial charge in [-0.05, 0) is 20.9 Å². The molecule has 0 radical (unpaired) electrons. The van der Waals surface area contributed by atoms with Crippen molar-refractivity contribution >= 4 is 23.1 Å². The number of thioether (sulfide) groups is 1. The standard InChI is InChI=1S/C12H21N3S2/c1-8-9(2)17-12(14-8)6-10(13)11-7-16-5-4-15(11)3/h10-11H,4-7,13H2,1-3H3. The van der Waals surface area contributed by atoms with Crippen LogP contribution in [-0.4, -0.2) is 47.1 Å². The third-order valence-electron chi connectivity index (χ3n) is 3.42. The summed E-state index contributed by atoms with van der Waals surface area (Å²) in [6.07, 6.45) is 0.912. The predicted octanol–water partition coefficient (Wildman–Crippen LogP) is 1.68. The largest absolute Gasteiger partial charge is 0.326 e. The van der Waals surface area contributed by atoms with Crippen LogP contribution < -0.4 is 5.73 Å². The highest BCUT2D eigenvalue weighted by molar-refractivity contribution is 7.99. The molecule has 1 fully saturated rings. The first-order chi connectivity index (χ1) is 8.08. The van der Waals surface area contributed by atoms with Gasteiger partial charge in [0.2, 0.25) is 0 Å². The van der Waals surface area contributed by atoms with Gasteiger partial charge in [0.25, 0.3) is 0 Å². The van der Waals surface area contributed by atoms with Gasteiger partial charge in [0.15, 0.2) is 0 Å². The van der Waals surface area contributed by atoms with E-state index in [1.807, 2.05) is 11.8 Å². The number of rotatable bonds is 3. The number of thiazole rings is 1. The number of nitrogens with two attached hydrogens (primary N) is 1. The molecule has 1 aromatic heterocycles. The molecule has 0 aromatic carbocycles. The third kappa shape index (κ3) is 3.22. The zero-order valence-electron chi connectivity index (χ0n) is 10.8. The van der Waals surface area contributed by atoms with E-state index in [0.29, 0.717) is 6.04 Å². The Morgan fingerprint density at radius 3 is 2.88 bits per heavy atom. The summed E-state index contributed by atoms with van der Waals surface area (Å²) < 4.78 is 0. The molecule has 2 heterocycles. The van der Waals surface area contributed by atoms with Crippen molar-refractivity contribution in [2.24, 2.45) is 5.73 Å². The summed E-state index contributed by atoms with van der Waals surface area (Å²) in [5.74, 6) is 2.39. The van der Waals surface area contributed by atoms with Gasteiger partial charge in [-0.2, -0.15) is 11.8 Å². The lowest BCUT2D eigenvalue weighted by atomic mass is 10.1. The van der Waals surface area contributed by atoms with Crippen molar-refractivity contribution in [2.75, 3.05) is 25.1 Å². The maximum absolute atomic E-state index is 6.34. The van der Waals surface area contributed by atoms with Crippen molar-refractivity contribution < 1.29 is 0 Å². The van der Waals surface area contributed by atoms with Crippen LogP contribution in [0.5, 0.6) is 0 Å². The first-order valence-electron chi connectivity index (χ1n) is 6.04. The predicted molar refractivity (Wildman–Crippen MR) is 77.0 cm³/mol. The minimum absolute atomic E-state index is 0.206. The molecule has 3 nitrogen and oxygen atoms in total. The van der Waals surface area contributed by atoms with Crippen LogP contribution in [0.15, 0.2) is 0 Å². The maximum Gasteiger partial charge on any atom is 0.0946 e.